The Morgan fingerprint density at radius 3 is 2.70 bits per heavy atom. The van der Waals surface area contributed by atoms with Crippen LogP contribution in [0, 0.1) is 0 Å². The SMILES string of the molecule is COCCCNc1nc(-c2ccccc2)c2ccc(Cl)cc2n1. The van der Waals surface area contributed by atoms with Crippen LogP contribution in [0.25, 0.3) is 22.2 Å². The van der Waals surface area contributed by atoms with Gasteiger partial charge in [-0.15, -0.1) is 0 Å². The third kappa shape index (κ3) is 3.78. The second-order valence-electron chi connectivity index (χ2n) is 5.20. The summed E-state index contributed by atoms with van der Waals surface area (Å²) in [5, 5.41) is 4.91. The summed E-state index contributed by atoms with van der Waals surface area (Å²) in [5.74, 6) is 0.606. The van der Waals surface area contributed by atoms with Crippen molar-refractivity contribution in [3.8, 4) is 11.3 Å². The van der Waals surface area contributed by atoms with Crippen LogP contribution in [0.3, 0.4) is 0 Å². The maximum Gasteiger partial charge on any atom is 0.223 e. The summed E-state index contributed by atoms with van der Waals surface area (Å²) in [4.78, 5) is 9.26. The van der Waals surface area contributed by atoms with Gasteiger partial charge in [0.2, 0.25) is 5.95 Å². The zero-order valence-corrected chi connectivity index (χ0v) is 13.7. The van der Waals surface area contributed by atoms with Crippen LogP contribution in [-0.4, -0.2) is 30.2 Å². The highest BCUT2D eigenvalue weighted by atomic mass is 35.5. The topological polar surface area (TPSA) is 47.0 Å². The van der Waals surface area contributed by atoms with Crippen LogP contribution in [0.4, 0.5) is 5.95 Å². The molecular formula is C18H18ClN3O. The number of aromatic nitrogens is 2. The van der Waals surface area contributed by atoms with E-state index in [9.17, 15) is 0 Å². The van der Waals surface area contributed by atoms with E-state index >= 15 is 0 Å². The molecule has 0 bridgehead atoms. The molecule has 1 N–H and O–H groups in total. The Kier molecular flexibility index (Phi) is 5.05. The lowest BCUT2D eigenvalue weighted by Gasteiger charge is -2.10. The molecule has 1 heterocycles. The minimum absolute atomic E-state index is 0.606. The van der Waals surface area contributed by atoms with Crippen LogP contribution in [0.2, 0.25) is 5.02 Å². The van der Waals surface area contributed by atoms with Crippen LogP contribution in [0.15, 0.2) is 48.5 Å². The van der Waals surface area contributed by atoms with Gasteiger partial charge in [-0.3, -0.25) is 0 Å². The fraction of sp³-hybridized carbons (Fsp3) is 0.222. The highest BCUT2D eigenvalue weighted by Gasteiger charge is 2.10. The molecule has 0 radical (unpaired) electrons. The van der Waals surface area contributed by atoms with E-state index in [4.69, 9.17) is 21.3 Å². The summed E-state index contributed by atoms with van der Waals surface area (Å²) in [7, 11) is 1.70. The maximum atomic E-state index is 6.12. The van der Waals surface area contributed by atoms with Crippen molar-refractivity contribution in [3.63, 3.8) is 0 Å². The Morgan fingerprint density at radius 2 is 1.91 bits per heavy atom. The number of anilines is 1. The van der Waals surface area contributed by atoms with Crippen molar-refractivity contribution in [2.75, 3.05) is 25.6 Å². The van der Waals surface area contributed by atoms with Crippen LogP contribution < -0.4 is 5.32 Å². The molecule has 0 unspecified atom stereocenters. The summed E-state index contributed by atoms with van der Waals surface area (Å²) in [5.41, 5.74) is 2.80. The van der Waals surface area contributed by atoms with Gasteiger partial charge < -0.3 is 10.1 Å². The first kappa shape index (κ1) is 15.7. The lowest BCUT2D eigenvalue weighted by atomic mass is 10.1. The minimum atomic E-state index is 0.606. The minimum Gasteiger partial charge on any atom is -0.385 e. The van der Waals surface area contributed by atoms with Crippen molar-refractivity contribution in [3.05, 3.63) is 53.6 Å². The van der Waals surface area contributed by atoms with E-state index in [0.717, 1.165) is 35.1 Å². The third-order valence-corrected chi connectivity index (χ3v) is 3.75. The number of fused-ring (bicyclic) bond motifs is 1. The molecule has 0 spiro atoms. The number of halogens is 1. The normalized spacial score (nSPS) is 10.9. The summed E-state index contributed by atoms with van der Waals surface area (Å²) in [6.07, 6.45) is 0.897. The van der Waals surface area contributed by atoms with Crippen molar-refractivity contribution < 1.29 is 4.74 Å². The van der Waals surface area contributed by atoms with Gasteiger partial charge in [-0.1, -0.05) is 41.9 Å². The van der Waals surface area contributed by atoms with Crippen molar-refractivity contribution >= 4 is 28.5 Å². The molecule has 23 heavy (non-hydrogen) atoms. The molecule has 1 aromatic heterocycles. The highest BCUT2D eigenvalue weighted by Crippen LogP contribution is 2.28. The van der Waals surface area contributed by atoms with Gasteiger partial charge >= 0.3 is 0 Å². The van der Waals surface area contributed by atoms with E-state index in [-0.39, 0.29) is 0 Å². The molecule has 0 atom stereocenters. The lowest BCUT2D eigenvalue weighted by molar-refractivity contribution is 0.197. The number of hydrogen-bond donors (Lipinski definition) is 1. The standard InChI is InChI=1S/C18H18ClN3O/c1-23-11-5-10-20-18-21-16-12-14(19)8-9-15(16)17(22-18)13-6-3-2-4-7-13/h2-4,6-9,12H,5,10-11H2,1H3,(H,20,21,22). The zero-order chi connectivity index (χ0) is 16.1. The number of rotatable bonds is 6. The molecule has 118 valence electrons. The van der Waals surface area contributed by atoms with Gasteiger partial charge in [0.05, 0.1) is 11.2 Å². The summed E-state index contributed by atoms with van der Waals surface area (Å²) >= 11 is 6.12. The monoisotopic (exact) mass is 327 g/mol. The number of ether oxygens (including phenoxy) is 1. The molecule has 3 aromatic rings. The molecule has 3 rings (SSSR count). The van der Waals surface area contributed by atoms with Crippen molar-refractivity contribution in [1.29, 1.82) is 0 Å². The Balaban J connectivity index is 2.02. The quantitative estimate of drug-likeness (QED) is 0.682. The number of methoxy groups -OCH3 is 1. The first-order chi connectivity index (χ1) is 11.3. The average Bonchev–Trinajstić information content (AvgIpc) is 2.58. The van der Waals surface area contributed by atoms with Gasteiger partial charge in [-0.05, 0) is 24.6 Å². The number of nitrogens with zero attached hydrogens (tertiary/aromatic N) is 2. The van der Waals surface area contributed by atoms with Gasteiger partial charge in [0.25, 0.3) is 0 Å². The fourth-order valence-electron chi connectivity index (χ4n) is 2.41. The third-order valence-electron chi connectivity index (χ3n) is 3.51. The van der Waals surface area contributed by atoms with Gasteiger partial charge in [0, 0.05) is 36.2 Å². The van der Waals surface area contributed by atoms with Gasteiger partial charge in [0.1, 0.15) is 0 Å². The molecule has 0 aliphatic rings. The van der Waals surface area contributed by atoms with Gasteiger partial charge in [-0.2, -0.15) is 0 Å². The van der Waals surface area contributed by atoms with Crippen molar-refractivity contribution in [2.24, 2.45) is 0 Å². The van der Waals surface area contributed by atoms with Crippen molar-refractivity contribution in [1.82, 2.24) is 9.97 Å². The number of hydrogen-bond acceptors (Lipinski definition) is 4. The predicted molar refractivity (Wildman–Crippen MR) is 95.0 cm³/mol. The van der Waals surface area contributed by atoms with Crippen LogP contribution in [0.1, 0.15) is 6.42 Å². The van der Waals surface area contributed by atoms with Gasteiger partial charge in [-0.25, -0.2) is 9.97 Å². The van der Waals surface area contributed by atoms with Crippen LogP contribution in [0.5, 0.6) is 0 Å². The predicted octanol–water partition coefficient (Wildman–Crippen LogP) is 4.40. The smallest absolute Gasteiger partial charge is 0.223 e. The van der Waals surface area contributed by atoms with E-state index in [1.165, 1.54) is 0 Å². The van der Waals surface area contributed by atoms with Gasteiger partial charge in [0.15, 0.2) is 0 Å². The Bertz CT molecular complexity index is 793. The van der Waals surface area contributed by atoms with E-state index in [1.807, 2.05) is 48.5 Å². The summed E-state index contributed by atoms with van der Waals surface area (Å²) in [6.45, 7) is 1.46. The molecule has 0 saturated carbocycles. The Hall–Kier alpha value is -2.17. The average molecular weight is 328 g/mol. The molecule has 0 amide bonds. The summed E-state index contributed by atoms with van der Waals surface area (Å²) in [6, 6.07) is 15.8. The van der Waals surface area contributed by atoms with E-state index in [1.54, 1.807) is 7.11 Å². The molecule has 0 aliphatic heterocycles. The van der Waals surface area contributed by atoms with E-state index < -0.39 is 0 Å². The first-order valence-corrected chi connectivity index (χ1v) is 7.91. The molecule has 2 aromatic carbocycles. The molecule has 0 fully saturated rings. The largest absolute Gasteiger partial charge is 0.385 e. The van der Waals surface area contributed by atoms with E-state index in [0.29, 0.717) is 17.6 Å². The molecule has 5 heteroatoms. The van der Waals surface area contributed by atoms with Crippen LogP contribution in [-0.2, 0) is 4.74 Å². The molecular weight excluding hydrogens is 310 g/mol. The molecule has 4 nitrogen and oxygen atoms in total. The molecule has 0 aliphatic carbocycles. The first-order valence-electron chi connectivity index (χ1n) is 7.53. The number of nitrogens with one attached hydrogen (secondary N) is 1. The maximum absolute atomic E-state index is 6.12. The second-order valence-corrected chi connectivity index (χ2v) is 5.63. The fourth-order valence-corrected chi connectivity index (χ4v) is 2.58. The van der Waals surface area contributed by atoms with E-state index in [2.05, 4.69) is 10.3 Å². The Morgan fingerprint density at radius 1 is 1.09 bits per heavy atom. The van der Waals surface area contributed by atoms with Crippen LogP contribution >= 0.6 is 11.6 Å². The lowest BCUT2D eigenvalue weighted by Crippen LogP contribution is -2.08. The zero-order valence-electron chi connectivity index (χ0n) is 12.9. The van der Waals surface area contributed by atoms with Crippen molar-refractivity contribution in [2.45, 2.75) is 6.42 Å². The second kappa shape index (κ2) is 7.40. The summed E-state index contributed by atoms with van der Waals surface area (Å²) < 4.78 is 5.06. The number of benzene rings is 2. The molecule has 0 saturated heterocycles. The Labute approximate surface area is 140 Å². The highest BCUT2D eigenvalue weighted by molar-refractivity contribution is 6.31.